The number of aryl methyl sites for hydroxylation is 1. The molecule has 8 nitrogen and oxygen atoms in total. The van der Waals surface area contributed by atoms with Crippen LogP contribution in [0.2, 0.25) is 0 Å². The Morgan fingerprint density at radius 2 is 1.87 bits per heavy atom. The van der Waals surface area contributed by atoms with Gasteiger partial charge in [-0.2, -0.15) is 0 Å². The van der Waals surface area contributed by atoms with Crippen molar-refractivity contribution >= 4 is 21.7 Å². The van der Waals surface area contributed by atoms with Gasteiger partial charge in [-0.05, 0) is 24.3 Å². The summed E-state index contributed by atoms with van der Waals surface area (Å²) in [6, 6.07) is 4.41. The molecule has 0 bridgehead atoms. The molecular formula is C14H20N2O6S. The number of hydrogen-bond donors (Lipinski definition) is 2. The molecule has 1 atom stereocenters. The van der Waals surface area contributed by atoms with E-state index in [1.807, 2.05) is 0 Å². The third kappa shape index (κ3) is 6.74. The molecule has 1 unspecified atom stereocenters. The fourth-order valence-electron chi connectivity index (χ4n) is 1.98. The summed E-state index contributed by atoms with van der Waals surface area (Å²) in [7, 11) is -3.76. The Kier molecular flexibility index (Phi) is 6.64. The quantitative estimate of drug-likeness (QED) is 0.517. The molecule has 128 valence electrons. The van der Waals surface area contributed by atoms with Crippen LogP contribution in [0.4, 0.5) is 5.69 Å². The number of nitro benzene ring substituents is 1. The Balaban J connectivity index is 2.67. The van der Waals surface area contributed by atoms with E-state index in [4.69, 9.17) is 5.11 Å². The number of carbonyl (C=O) groups is 1. The van der Waals surface area contributed by atoms with Crippen molar-refractivity contribution in [1.29, 1.82) is 0 Å². The van der Waals surface area contributed by atoms with Crippen LogP contribution in [0.1, 0.15) is 25.8 Å². The minimum atomic E-state index is -3.76. The van der Waals surface area contributed by atoms with Crippen LogP contribution in [0, 0.1) is 16.0 Å². The first kappa shape index (κ1) is 19.0. The molecule has 0 radical (unpaired) electrons. The number of rotatable bonds is 9. The van der Waals surface area contributed by atoms with Crippen LogP contribution in [-0.4, -0.2) is 36.2 Å². The van der Waals surface area contributed by atoms with Crippen molar-refractivity contribution in [3.8, 4) is 0 Å². The maximum atomic E-state index is 12.0. The molecule has 0 saturated heterocycles. The molecule has 23 heavy (non-hydrogen) atoms. The van der Waals surface area contributed by atoms with Gasteiger partial charge in [-0.1, -0.05) is 26.0 Å². The average molecular weight is 344 g/mol. The largest absolute Gasteiger partial charge is 0.480 e. The molecule has 1 rings (SSSR count). The highest BCUT2D eigenvalue weighted by Crippen LogP contribution is 2.13. The van der Waals surface area contributed by atoms with Crippen LogP contribution >= 0.6 is 0 Å². The molecule has 0 aromatic heterocycles. The molecule has 1 aromatic carbocycles. The van der Waals surface area contributed by atoms with Crippen molar-refractivity contribution < 1.29 is 23.2 Å². The summed E-state index contributed by atoms with van der Waals surface area (Å²) in [5.74, 6) is -1.46. The maximum Gasteiger partial charge on any atom is 0.321 e. The minimum absolute atomic E-state index is 0.0356. The SMILES string of the molecule is CC(C)CC(NS(=O)(=O)CCc1ccc([N+](=O)[O-])cc1)C(=O)O. The van der Waals surface area contributed by atoms with Gasteiger partial charge in [-0.3, -0.25) is 14.9 Å². The monoisotopic (exact) mass is 344 g/mol. The molecule has 1 aromatic rings. The molecule has 0 aliphatic heterocycles. The van der Waals surface area contributed by atoms with Gasteiger partial charge in [0.05, 0.1) is 10.7 Å². The summed E-state index contributed by atoms with van der Waals surface area (Å²) in [5.41, 5.74) is 0.550. The summed E-state index contributed by atoms with van der Waals surface area (Å²) >= 11 is 0. The average Bonchev–Trinajstić information content (AvgIpc) is 2.44. The Morgan fingerprint density at radius 3 is 2.30 bits per heavy atom. The van der Waals surface area contributed by atoms with Gasteiger partial charge in [0.2, 0.25) is 10.0 Å². The van der Waals surface area contributed by atoms with Gasteiger partial charge in [0, 0.05) is 12.1 Å². The molecule has 0 fully saturated rings. The van der Waals surface area contributed by atoms with Crippen molar-refractivity contribution in [2.45, 2.75) is 32.7 Å². The summed E-state index contributed by atoms with van der Waals surface area (Å²) in [5, 5.41) is 19.6. The smallest absolute Gasteiger partial charge is 0.321 e. The van der Waals surface area contributed by atoms with Crippen LogP contribution < -0.4 is 4.72 Å². The second kappa shape index (κ2) is 8.02. The summed E-state index contributed by atoms with van der Waals surface area (Å²) in [6.45, 7) is 3.61. The molecule has 0 aliphatic rings. The third-order valence-electron chi connectivity index (χ3n) is 3.13. The van der Waals surface area contributed by atoms with Crippen LogP contribution in [0.3, 0.4) is 0 Å². The fraction of sp³-hybridized carbons (Fsp3) is 0.500. The number of aliphatic carboxylic acids is 1. The topological polar surface area (TPSA) is 127 Å². The zero-order valence-electron chi connectivity index (χ0n) is 12.9. The highest BCUT2D eigenvalue weighted by Gasteiger charge is 2.24. The molecule has 0 saturated carbocycles. The van der Waals surface area contributed by atoms with Crippen molar-refractivity contribution in [1.82, 2.24) is 4.72 Å². The number of benzene rings is 1. The zero-order chi connectivity index (χ0) is 17.6. The van der Waals surface area contributed by atoms with E-state index in [9.17, 15) is 23.3 Å². The summed E-state index contributed by atoms with van der Waals surface area (Å²) < 4.78 is 26.2. The summed E-state index contributed by atoms with van der Waals surface area (Å²) in [4.78, 5) is 21.1. The molecular weight excluding hydrogens is 324 g/mol. The van der Waals surface area contributed by atoms with Gasteiger partial charge in [0.1, 0.15) is 6.04 Å². The van der Waals surface area contributed by atoms with Crippen LogP contribution in [-0.2, 0) is 21.2 Å². The van der Waals surface area contributed by atoms with Crippen molar-refractivity contribution in [3.63, 3.8) is 0 Å². The van der Waals surface area contributed by atoms with E-state index in [-0.39, 0.29) is 30.2 Å². The van der Waals surface area contributed by atoms with E-state index >= 15 is 0 Å². The van der Waals surface area contributed by atoms with E-state index in [2.05, 4.69) is 4.72 Å². The van der Waals surface area contributed by atoms with Crippen molar-refractivity contribution in [3.05, 3.63) is 39.9 Å². The van der Waals surface area contributed by atoms with E-state index < -0.39 is 27.0 Å². The van der Waals surface area contributed by atoms with Gasteiger partial charge in [0.15, 0.2) is 0 Å². The van der Waals surface area contributed by atoms with Gasteiger partial charge in [-0.15, -0.1) is 0 Å². The lowest BCUT2D eigenvalue weighted by atomic mass is 10.1. The van der Waals surface area contributed by atoms with Crippen molar-refractivity contribution in [2.24, 2.45) is 5.92 Å². The van der Waals surface area contributed by atoms with Gasteiger partial charge >= 0.3 is 5.97 Å². The zero-order valence-corrected chi connectivity index (χ0v) is 13.7. The van der Waals surface area contributed by atoms with Gasteiger partial charge < -0.3 is 5.11 Å². The first-order valence-electron chi connectivity index (χ1n) is 7.07. The first-order chi connectivity index (χ1) is 10.6. The van der Waals surface area contributed by atoms with E-state index in [1.54, 1.807) is 13.8 Å². The number of carboxylic acids is 1. The van der Waals surface area contributed by atoms with Crippen LogP contribution in [0.25, 0.3) is 0 Å². The molecule has 9 heteroatoms. The minimum Gasteiger partial charge on any atom is -0.480 e. The van der Waals surface area contributed by atoms with Crippen LogP contribution in [0.5, 0.6) is 0 Å². The third-order valence-corrected chi connectivity index (χ3v) is 4.52. The van der Waals surface area contributed by atoms with Crippen LogP contribution in [0.15, 0.2) is 24.3 Å². The lowest BCUT2D eigenvalue weighted by Gasteiger charge is -2.16. The Hall–Kier alpha value is -2.00. The number of carboxylic acid groups (broad SMARTS) is 1. The van der Waals surface area contributed by atoms with Gasteiger partial charge in [0.25, 0.3) is 5.69 Å². The molecule has 0 spiro atoms. The number of sulfonamides is 1. The Labute approximate surface area is 134 Å². The first-order valence-corrected chi connectivity index (χ1v) is 8.72. The van der Waals surface area contributed by atoms with Gasteiger partial charge in [-0.25, -0.2) is 13.1 Å². The normalized spacial score (nSPS) is 13.0. The molecule has 0 heterocycles. The highest BCUT2D eigenvalue weighted by atomic mass is 32.2. The number of non-ortho nitro benzene ring substituents is 1. The molecule has 0 aliphatic carbocycles. The van der Waals surface area contributed by atoms with E-state index in [1.165, 1.54) is 24.3 Å². The predicted molar refractivity (Wildman–Crippen MR) is 84.6 cm³/mol. The number of nitro groups is 1. The Bertz CT molecular complexity index is 654. The highest BCUT2D eigenvalue weighted by molar-refractivity contribution is 7.89. The number of hydrogen-bond acceptors (Lipinski definition) is 5. The van der Waals surface area contributed by atoms with E-state index in [0.29, 0.717) is 5.56 Å². The lowest BCUT2D eigenvalue weighted by Crippen LogP contribution is -2.42. The second-order valence-electron chi connectivity index (χ2n) is 5.63. The Morgan fingerprint density at radius 1 is 1.30 bits per heavy atom. The standard InChI is InChI=1S/C14H20N2O6S/c1-10(2)9-13(14(17)18)15-23(21,22)8-7-11-3-5-12(6-4-11)16(19)20/h3-6,10,13,15H,7-9H2,1-2H3,(H,17,18). The number of nitrogens with one attached hydrogen (secondary N) is 1. The van der Waals surface area contributed by atoms with Crippen molar-refractivity contribution in [2.75, 3.05) is 5.75 Å². The second-order valence-corrected chi connectivity index (χ2v) is 7.50. The molecule has 2 N–H and O–H groups in total. The molecule has 0 amide bonds. The predicted octanol–water partition coefficient (Wildman–Crippen LogP) is 1.56. The fourth-order valence-corrected chi connectivity index (χ4v) is 3.24. The maximum absolute atomic E-state index is 12.0. The summed E-state index contributed by atoms with van der Waals surface area (Å²) in [6.07, 6.45) is 0.341. The number of nitrogens with zero attached hydrogens (tertiary/aromatic N) is 1. The van der Waals surface area contributed by atoms with E-state index in [0.717, 1.165) is 0 Å². The lowest BCUT2D eigenvalue weighted by molar-refractivity contribution is -0.384.